The van der Waals surface area contributed by atoms with Gasteiger partial charge in [-0.15, -0.1) is 0 Å². The molecule has 102 valence electrons. The Morgan fingerprint density at radius 2 is 1.89 bits per heavy atom. The van der Waals surface area contributed by atoms with Crippen LogP contribution in [0.2, 0.25) is 0 Å². The second-order valence-corrected chi connectivity index (χ2v) is 5.34. The maximum Gasteiger partial charge on any atom is 0.324 e. The highest BCUT2D eigenvalue weighted by Gasteiger charge is 2.29. The summed E-state index contributed by atoms with van der Waals surface area (Å²) in [6.45, 7) is 5.72. The molecule has 0 atom stereocenters. The van der Waals surface area contributed by atoms with Gasteiger partial charge in [0.05, 0.1) is 4.91 Å². The normalized spacial score (nSPS) is 11.4. The summed E-state index contributed by atoms with van der Waals surface area (Å²) >= 11 is 0. The molecule has 18 heavy (non-hydrogen) atoms. The summed E-state index contributed by atoms with van der Waals surface area (Å²) in [4.78, 5) is 21.8. The van der Waals surface area contributed by atoms with Crippen LogP contribution in [0.4, 0.5) is 0 Å². The van der Waals surface area contributed by atoms with Crippen molar-refractivity contribution in [1.29, 1.82) is 0 Å². The molecule has 6 nitrogen and oxygen atoms in total. The maximum absolute atomic E-state index is 12.0. The third-order valence-corrected chi connectivity index (χ3v) is 3.73. The van der Waals surface area contributed by atoms with Gasteiger partial charge in [0.25, 0.3) is 10.0 Å². The van der Waals surface area contributed by atoms with Crippen LogP contribution in [-0.4, -0.2) is 36.3 Å². The van der Waals surface area contributed by atoms with Gasteiger partial charge in [0.2, 0.25) is 5.91 Å². The standard InChI is InChI=1S/C11H17NO5S/c1-4-6-7-9(3)18(16,17)12(8-11(14)15)10(13)5-2/h6-7H,3-5,8H2,1-2H3,(H,14,15)/b7-6-. The van der Waals surface area contributed by atoms with Gasteiger partial charge in [-0.05, 0) is 12.5 Å². The van der Waals surface area contributed by atoms with Crippen LogP contribution in [0, 0.1) is 0 Å². The van der Waals surface area contributed by atoms with Crippen molar-refractivity contribution in [2.24, 2.45) is 0 Å². The van der Waals surface area contributed by atoms with E-state index in [0.29, 0.717) is 10.7 Å². The predicted molar refractivity (Wildman–Crippen MR) is 67.1 cm³/mol. The topological polar surface area (TPSA) is 91.8 Å². The summed E-state index contributed by atoms with van der Waals surface area (Å²) in [6, 6.07) is 0. The van der Waals surface area contributed by atoms with Crippen LogP contribution >= 0.6 is 0 Å². The molecule has 0 spiro atoms. The first kappa shape index (κ1) is 16.4. The van der Waals surface area contributed by atoms with E-state index in [-0.39, 0.29) is 11.3 Å². The van der Waals surface area contributed by atoms with E-state index in [2.05, 4.69) is 6.58 Å². The quantitative estimate of drug-likeness (QED) is 0.703. The number of carbonyl (C=O) groups is 2. The number of rotatable bonds is 7. The summed E-state index contributed by atoms with van der Waals surface area (Å²) < 4.78 is 24.3. The molecule has 0 fully saturated rings. The minimum absolute atomic E-state index is 0.0999. The van der Waals surface area contributed by atoms with Crippen LogP contribution < -0.4 is 0 Å². The van der Waals surface area contributed by atoms with E-state index >= 15 is 0 Å². The Labute approximate surface area is 107 Å². The van der Waals surface area contributed by atoms with Crippen LogP contribution in [0.3, 0.4) is 0 Å². The zero-order valence-corrected chi connectivity index (χ0v) is 11.2. The third kappa shape index (κ3) is 4.33. The molecule has 0 radical (unpaired) electrons. The van der Waals surface area contributed by atoms with Crippen molar-refractivity contribution in [3.63, 3.8) is 0 Å². The number of allylic oxidation sites excluding steroid dienone is 2. The SMILES string of the molecule is C=C(/C=C\CC)S(=O)(=O)N(CC(=O)O)C(=O)CC. The number of carbonyl (C=O) groups excluding carboxylic acids is 1. The van der Waals surface area contributed by atoms with Crippen LogP contribution in [0.1, 0.15) is 26.7 Å². The molecule has 0 heterocycles. The van der Waals surface area contributed by atoms with E-state index < -0.39 is 28.4 Å². The predicted octanol–water partition coefficient (Wildman–Crippen LogP) is 1.12. The fraction of sp³-hybridized carbons (Fsp3) is 0.455. The zero-order chi connectivity index (χ0) is 14.3. The fourth-order valence-corrected chi connectivity index (χ4v) is 2.31. The number of hydrogen-bond donors (Lipinski definition) is 1. The Bertz CT molecular complexity index is 464. The molecule has 0 bridgehead atoms. The largest absolute Gasteiger partial charge is 0.480 e. The first-order chi connectivity index (χ1) is 8.27. The average Bonchev–Trinajstić information content (AvgIpc) is 2.31. The Morgan fingerprint density at radius 3 is 2.28 bits per heavy atom. The molecule has 0 aliphatic heterocycles. The van der Waals surface area contributed by atoms with Gasteiger partial charge >= 0.3 is 5.97 Å². The fourth-order valence-electron chi connectivity index (χ4n) is 1.08. The smallest absolute Gasteiger partial charge is 0.324 e. The van der Waals surface area contributed by atoms with Crippen LogP contribution in [-0.2, 0) is 19.6 Å². The van der Waals surface area contributed by atoms with Crippen molar-refractivity contribution < 1.29 is 23.1 Å². The lowest BCUT2D eigenvalue weighted by Crippen LogP contribution is -2.40. The van der Waals surface area contributed by atoms with Crippen molar-refractivity contribution in [1.82, 2.24) is 4.31 Å². The Morgan fingerprint density at radius 1 is 1.33 bits per heavy atom. The van der Waals surface area contributed by atoms with Gasteiger partial charge in [-0.2, -0.15) is 0 Å². The van der Waals surface area contributed by atoms with Crippen molar-refractivity contribution in [3.8, 4) is 0 Å². The molecule has 0 aromatic carbocycles. The number of amides is 1. The molecule has 7 heteroatoms. The highest BCUT2D eigenvalue weighted by Crippen LogP contribution is 2.14. The van der Waals surface area contributed by atoms with Crippen molar-refractivity contribution in [3.05, 3.63) is 23.6 Å². The lowest BCUT2D eigenvalue weighted by Gasteiger charge is -2.20. The molecule has 0 rings (SSSR count). The molecular weight excluding hydrogens is 258 g/mol. The van der Waals surface area contributed by atoms with Crippen LogP contribution in [0.25, 0.3) is 0 Å². The van der Waals surface area contributed by atoms with E-state index in [4.69, 9.17) is 5.11 Å². The van der Waals surface area contributed by atoms with Crippen molar-refractivity contribution in [2.75, 3.05) is 6.54 Å². The molecule has 0 saturated carbocycles. The molecule has 1 N–H and O–H groups in total. The van der Waals surface area contributed by atoms with Gasteiger partial charge in [0.15, 0.2) is 0 Å². The number of sulfonamides is 1. The number of carboxylic acid groups (broad SMARTS) is 1. The van der Waals surface area contributed by atoms with Gasteiger partial charge < -0.3 is 5.11 Å². The second kappa shape index (κ2) is 6.95. The van der Waals surface area contributed by atoms with Gasteiger partial charge in [0, 0.05) is 6.42 Å². The first-order valence-electron chi connectivity index (χ1n) is 5.40. The van der Waals surface area contributed by atoms with Gasteiger partial charge in [-0.3, -0.25) is 9.59 Å². The highest BCUT2D eigenvalue weighted by atomic mass is 32.2. The average molecular weight is 275 g/mol. The van der Waals surface area contributed by atoms with E-state index in [1.165, 1.54) is 13.0 Å². The molecule has 0 saturated heterocycles. The summed E-state index contributed by atoms with van der Waals surface area (Å²) in [5, 5.41) is 8.64. The summed E-state index contributed by atoms with van der Waals surface area (Å²) in [6.07, 6.45) is 3.33. The van der Waals surface area contributed by atoms with Crippen molar-refractivity contribution >= 4 is 21.9 Å². The lowest BCUT2D eigenvalue weighted by atomic mass is 10.4. The monoisotopic (exact) mass is 275 g/mol. The highest BCUT2D eigenvalue weighted by molar-refractivity contribution is 7.93. The maximum atomic E-state index is 12.0. The van der Waals surface area contributed by atoms with Crippen LogP contribution in [0.5, 0.6) is 0 Å². The molecule has 0 aliphatic rings. The molecule has 1 amide bonds. The minimum Gasteiger partial charge on any atom is -0.480 e. The number of nitrogens with zero attached hydrogens (tertiary/aromatic N) is 1. The van der Waals surface area contributed by atoms with Crippen molar-refractivity contribution in [2.45, 2.75) is 26.7 Å². The summed E-state index contributed by atoms with van der Waals surface area (Å²) in [5.74, 6) is -2.17. The molecule has 0 aromatic heterocycles. The first-order valence-corrected chi connectivity index (χ1v) is 6.84. The Kier molecular flexibility index (Phi) is 6.32. The van der Waals surface area contributed by atoms with Gasteiger partial charge in [0.1, 0.15) is 6.54 Å². The second-order valence-electron chi connectivity index (χ2n) is 3.43. The lowest BCUT2D eigenvalue weighted by molar-refractivity contribution is -0.141. The van der Waals surface area contributed by atoms with Gasteiger partial charge in [-0.25, -0.2) is 12.7 Å². The Balaban J connectivity index is 5.33. The summed E-state index contributed by atoms with van der Waals surface area (Å²) in [7, 11) is -4.16. The third-order valence-electron chi connectivity index (χ3n) is 2.02. The molecule has 0 aliphatic carbocycles. The van der Waals surface area contributed by atoms with E-state index in [1.54, 1.807) is 6.08 Å². The number of carboxylic acids is 1. The number of hydrogen-bond acceptors (Lipinski definition) is 4. The van der Waals surface area contributed by atoms with E-state index in [0.717, 1.165) is 0 Å². The molecule has 0 aromatic rings. The number of aliphatic carboxylic acids is 1. The zero-order valence-electron chi connectivity index (χ0n) is 10.4. The molecular formula is C11H17NO5S. The van der Waals surface area contributed by atoms with Gasteiger partial charge in [-0.1, -0.05) is 26.5 Å². The van der Waals surface area contributed by atoms with Crippen LogP contribution in [0.15, 0.2) is 23.6 Å². The Hall–Kier alpha value is -1.63. The van der Waals surface area contributed by atoms with E-state index in [9.17, 15) is 18.0 Å². The summed E-state index contributed by atoms with van der Waals surface area (Å²) in [5.41, 5.74) is 0. The molecule has 0 unspecified atom stereocenters. The minimum atomic E-state index is -4.16. The van der Waals surface area contributed by atoms with E-state index in [1.807, 2.05) is 6.92 Å².